The molecule has 114 valence electrons. The van der Waals surface area contributed by atoms with Crippen LogP contribution in [0.3, 0.4) is 0 Å². The summed E-state index contributed by atoms with van der Waals surface area (Å²) in [6.45, 7) is 6.27. The van der Waals surface area contributed by atoms with Crippen LogP contribution in [-0.2, 0) is 16.1 Å². The van der Waals surface area contributed by atoms with E-state index in [1.165, 1.54) is 5.56 Å². The van der Waals surface area contributed by atoms with Crippen molar-refractivity contribution in [1.29, 1.82) is 0 Å². The second-order valence-corrected chi connectivity index (χ2v) is 6.00. The van der Waals surface area contributed by atoms with E-state index >= 15 is 0 Å². The Labute approximate surface area is 126 Å². The van der Waals surface area contributed by atoms with Gasteiger partial charge in [-0.05, 0) is 31.2 Å². The van der Waals surface area contributed by atoms with Crippen molar-refractivity contribution in [3.63, 3.8) is 0 Å². The highest BCUT2D eigenvalue weighted by Gasteiger charge is 2.21. The number of carbonyl (C=O) groups is 2. The van der Waals surface area contributed by atoms with E-state index < -0.39 is 0 Å². The van der Waals surface area contributed by atoms with Crippen LogP contribution < -0.4 is 5.32 Å². The zero-order chi connectivity index (χ0) is 15.2. The molecule has 1 aliphatic rings. The number of benzene rings is 1. The van der Waals surface area contributed by atoms with Crippen molar-refractivity contribution in [2.24, 2.45) is 5.92 Å². The molecule has 1 heterocycles. The number of hydrogen-bond donors (Lipinski definition) is 1. The number of amides is 2. The smallest absolute Gasteiger partial charge is 0.232 e. The van der Waals surface area contributed by atoms with Gasteiger partial charge in [-0.1, -0.05) is 36.8 Å². The summed E-state index contributed by atoms with van der Waals surface area (Å²) in [5.41, 5.74) is 2.24. The van der Waals surface area contributed by atoms with Crippen molar-refractivity contribution in [2.75, 3.05) is 13.1 Å². The first kappa shape index (κ1) is 15.5. The molecule has 2 amide bonds. The molecule has 21 heavy (non-hydrogen) atoms. The van der Waals surface area contributed by atoms with E-state index in [1.54, 1.807) is 0 Å². The second-order valence-electron chi connectivity index (χ2n) is 6.00. The third-order valence-corrected chi connectivity index (χ3v) is 4.06. The Hall–Kier alpha value is -1.84. The van der Waals surface area contributed by atoms with Crippen LogP contribution in [0.5, 0.6) is 0 Å². The van der Waals surface area contributed by atoms with Crippen LogP contribution in [0.15, 0.2) is 24.3 Å². The molecule has 1 saturated heterocycles. The summed E-state index contributed by atoms with van der Waals surface area (Å²) in [6.07, 6.45) is 2.04. The van der Waals surface area contributed by atoms with Crippen LogP contribution in [0, 0.1) is 12.8 Å². The summed E-state index contributed by atoms with van der Waals surface area (Å²) < 4.78 is 0. The Morgan fingerprint density at radius 3 is 2.43 bits per heavy atom. The van der Waals surface area contributed by atoms with E-state index in [4.69, 9.17) is 0 Å². The molecule has 1 aromatic rings. The highest BCUT2D eigenvalue weighted by atomic mass is 16.2. The van der Waals surface area contributed by atoms with Gasteiger partial charge in [-0.2, -0.15) is 0 Å². The van der Waals surface area contributed by atoms with Gasteiger partial charge in [0.2, 0.25) is 11.8 Å². The van der Waals surface area contributed by atoms with E-state index in [0.717, 1.165) is 31.5 Å². The summed E-state index contributed by atoms with van der Waals surface area (Å²) in [6, 6.07) is 8.01. The number of nitrogens with one attached hydrogen (secondary N) is 1. The minimum Gasteiger partial charge on any atom is -0.352 e. The highest BCUT2D eigenvalue weighted by molar-refractivity contribution is 5.96. The molecule has 1 aliphatic heterocycles. The van der Waals surface area contributed by atoms with Crippen molar-refractivity contribution in [3.8, 4) is 0 Å². The van der Waals surface area contributed by atoms with Crippen LogP contribution >= 0.6 is 0 Å². The Balaban J connectivity index is 1.74. The van der Waals surface area contributed by atoms with Gasteiger partial charge in [0.05, 0.1) is 0 Å². The monoisotopic (exact) mass is 288 g/mol. The molecular formula is C17H24N2O2. The zero-order valence-corrected chi connectivity index (χ0v) is 12.9. The largest absolute Gasteiger partial charge is 0.352 e. The van der Waals surface area contributed by atoms with Gasteiger partial charge in [0, 0.05) is 19.6 Å². The molecule has 0 saturated carbocycles. The molecule has 1 N–H and O–H groups in total. The Kier molecular flexibility index (Phi) is 5.37. The lowest BCUT2D eigenvalue weighted by Gasteiger charge is -2.30. The van der Waals surface area contributed by atoms with Crippen LogP contribution in [0.4, 0.5) is 0 Å². The van der Waals surface area contributed by atoms with Crippen molar-refractivity contribution in [2.45, 2.75) is 39.7 Å². The van der Waals surface area contributed by atoms with Crippen molar-refractivity contribution < 1.29 is 9.59 Å². The summed E-state index contributed by atoms with van der Waals surface area (Å²) in [5.74, 6) is 0.437. The molecule has 0 aromatic heterocycles. The number of carbonyl (C=O) groups excluding carboxylic acids is 2. The minimum absolute atomic E-state index is 0.0414. The Morgan fingerprint density at radius 1 is 1.19 bits per heavy atom. The summed E-state index contributed by atoms with van der Waals surface area (Å²) in [7, 11) is 0. The fraction of sp³-hybridized carbons (Fsp3) is 0.529. The predicted octanol–water partition coefficient (Wildman–Crippen LogP) is 2.26. The standard InChI is InChI=1S/C17H24N2O2/c1-13-3-5-15(6-4-13)12-18-16(20)11-17(21)19-9-7-14(2)8-10-19/h3-6,14H,7-12H2,1-2H3,(H,18,20). The third-order valence-electron chi connectivity index (χ3n) is 4.06. The normalized spacial score (nSPS) is 15.8. The SMILES string of the molecule is Cc1ccc(CNC(=O)CC(=O)N2CCC(C)CC2)cc1. The molecule has 0 aliphatic carbocycles. The molecule has 4 nitrogen and oxygen atoms in total. The topological polar surface area (TPSA) is 49.4 Å². The van der Waals surface area contributed by atoms with E-state index in [2.05, 4.69) is 12.2 Å². The lowest BCUT2D eigenvalue weighted by atomic mass is 9.99. The maximum atomic E-state index is 12.0. The average molecular weight is 288 g/mol. The summed E-state index contributed by atoms with van der Waals surface area (Å²) in [5, 5.41) is 2.81. The number of piperidine rings is 1. The average Bonchev–Trinajstić information content (AvgIpc) is 2.47. The Bertz CT molecular complexity index is 488. The van der Waals surface area contributed by atoms with Crippen molar-refractivity contribution >= 4 is 11.8 Å². The fourth-order valence-electron chi connectivity index (χ4n) is 2.48. The van der Waals surface area contributed by atoms with Crippen LogP contribution in [0.25, 0.3) is 0 Å². The first-order valence-corrected chi connectivity index (χ1v) is 7.64. The van der Waals surface area contributed by atoms with Gasteiger partial charge in [-0.25, -0.2) is 0 Å². The number of hydrogen-bond acceptors (Lipinski definition) is 2. The molecule has 0 spiro atoms. The Morgan fingerprint density at radius 2 is 1.81 bits per heavy atom. The maximum Gasteiger partial charge on any atom is 0.232 e. The molecule has 4 heteroatoms. The summed E-state index contributed by atoms with van der Waals surface area (Å²) in [4.78, 5) is 25.7. The minimum atomic E-state index is -0.195. The van der Waals surface area contributed by atoms with Gasteiger partial charge in [0.1, 0.15) is 6.42 Å². The third kappa shape index (κ3) is 4.88. The number of rotatable bonds is 4. The molecule has 0 bridgehead atoms. The molecule has 2 rings (SSSR count). The number of likely N-dealkylation sites (tertiary alicyclic amines) is 1. The lowest BCUT2D eigenvalue weighted by molar-refractivity contribution is -0.137. The highest BCUT2D eigenvalue weighted by Crippen LogP contribution is 2.16. The van der Waals surface area contributed by atoms with E-state index in [1.807, 2.05) is 36.1 Å². The van der Waals surface area contributed by atoms with Gasteiger partial charge in [0.25, 0.3) is 0 Å². The second kappa shape index (κ2) is 7.25. The molecular weight excluding hydrogens is 264 g/mol. The van der Waals surface area contributed by atoms with Gasteiger partial charge in [0.15, 0.2) is 0 Å². The molecule has 0 atom stereocenters. The van der Waals surface area contributed by atoms with Crippen LogP contribution in [0.1, 0.15) is 37.3 Å². The quantitative estimate of drug-likeness (QED) is 0.864. The van der Waals surface area contributed by atoms with Crippen LogP contribution in [0.2, 0.25) is 0 Å². The maximum absolute atomic E-state index is 12.0. The molecule has 0 unspecified atom stereocenters. The van der Waals surface area contributed by atoms with Crippen molar-refractivity contribution in [3.05, 3.63) is 35.4 Å². The van der Waals surface area contributed by atoms with Crippen molar-refractivity contribution in [1.82, 2.24) is 10.2 Å². The van der Waals surface area contributed by atoms with Gasteiger partial charge >= 0.3 is 0 Å². The predicted molar refractivity (Wildman–Crippen MR) is 82.6 cm³/mol. The fourth-order valence-corrected chi connectivity index (χ4v) is 2.48. The first-order valence-electron chi connectivity index (χ1n) is 7.64. The molecule has 1 fully saturated rings. The van der Waals surface area contributed by atoms with E-state index in [9.17, 15) is 9.59 Å². The van der Waals surface area contributed by atoms with E-state index in [0.29, 0.717) is 12.5 Å². The van der Waals surface area contributed by atoms with Crippen LogP contribution in [-0.4, -0.2) is 29.8 Å². The number of nitrogens with zero attached hydrogens (tertiary/aromatic N) is 1. The summed E-state index contributed by atoms with van der Waals surface area (Å²) >= 11 is 0. The number of aryl methyl sites for hydroxylation is 1. The first-order chi connectivity index (χ1) is 10.0. The van der Waals surface area contributed by atoms with E-state index in [-0.39, 0.29) is 18.2 Å². The van der Waals surface area contributed by atoms with Gasteiger partial charge < -0.3 is 10.2 Å². The lowest BCUT2D eigenvalue weighted by Crippen LogP contribution is -2.40. The zero-order valence-electron chi connectivity index (χ0n) is 12.9. The van der Waals surface area contributed by atoms with Gasteiger partial charge in [-0.15, -0.1) is 0 Å². The molecule has 0 radical (unpaired) electrons. The van der Waals surface area contributed by atoms with Gasteiger partial charge in [-0.3, -0.25) is 9.59 Å². The molecule has 1 aromatic carbocycles.